The molecule has 2 aromatic carbocycles. The highest BCUT2D eigenvalue weighted by Crippen LogP contribution is 2.40. The van der Waals surface area contributed by atoms with E-state index in [0.29, 0.717) is 17.2 Å². The van der Waals surface area contributed by atoms with Gasteiger partial charge in [0.25, 0.3) is 0 Å². The number of primary amides is 1. The summed E-state index contributed by atoms with van der Waals surface area (Å²) in [5, 5.41) is 15.4. The number of nitrogens with one attached hydrogen (secondary N) is 1. The number of nitrogens with zero attached hydrogens (tertiary/aromatic N) is 2. The number of aliphatic carboxylic acids is 1. The minimum absolute atomic E-state index is 0.0126. The standard InChI is InChI=1S/C24H18F4N4O4/c1-11-6-19(16(7-14(11)22(29)34)18-9-20(31-30-18)24(26,27)28)32-10-17(23(35)36)15(8-21(32)33)12-2-4-13(25)5-3-12/h2-7,9-10,15H,8H2,1H3,(H2,29,34)(H,30,31)(H,35,36)/t15-/m0/s1. The van der Waals surface area contributed by atoms with Gasteiger partial charge in [-0.1, -0.05) is 12.1 Å². The van der Waals surface area contributed by atoms with Gasteiger partial charge in [-0.3, -0.25) is 19.6 Å². The molecule has 1 aromatic heterocycles. The van der Waals surface area contributed by atoms with E-state index in [-0.39, 0.29) is 34.5 Å². The maximum Gasteiger partial charge on any atom is 0.432 e. The molecule has 0 bridgehead atoms. The van der Waals surface area contributed by atoms with E-state index in [9.17, 15) is 37.1 Å². The van der Waals surface area contributed by atoms with E-state index in [1.165, 1.54) is 31.2 Å². The summed E-state index contributed by atoms with van der Waals surface area (Å²) < 4.78 is 52.9. The Morgan fingerprint density at radius 3 is 2.39 bits per heavy atom. The predicted octanol–water partition coefficient (Wildman–Crippen LogP) is 4.13. The third-order valence-electron chi connectivity index (χ3n) is 5.84. The Labute approximate surface area is 201 Å². The summed E-state index contributed by atoms with van der Waals surface area (Å²) in [5.74, 6) is -4.19. The van der Waals surface area contributed by atoms with Gasteiger partial charge in [-0.2, -0.15) is 18.3 Å². The van der Waals surface area contributed by atoms with Crippen molar-refractivity contribution < 1.29 is 37.1 Å². The summed E-state index contributed by atoms with van der Waals surface area (Å²) in [5.41, 5.74) is 4.48. The van der Waals surface area contributed by atoms with Crippen LogP contribution in [-0.4, -0.2) is 33.1 Å². The largest absolute Gasteiger partial charge is 0.478 e. The van der Waals surface area contributed by atoms with Crippen molar-refractivity contribution in [1.29, 1.82) is 0 Å². The maximum atomic E-state index is 13.4. The van der Waals surface area contributed by atoms with Gasteiger partial charge >= 0.3 is 12.1 Å². The van der Waals surface area contributed by atoms with Crippen LogP contribution < -0.4 is 10.6 Å². The summed E-state index contributed by atoms with van der Waals surface area (Å²) in [7, 11) is 0. The highest BCUT2D eigenvalue weighted by Gasteiger charge is 2.36. The molecule has 4 N–H and O–H groups in total. The number of hydrogen-bond donors (Lipinski definition) is 3. The predicted molar refractivity (Wildman–Crippen MR) is 119 cm³/mol. The zero-order chi connectivity index (χ0) is 26.4. The van der Waals surface area contributed by atoms with Gasteiger partial charge < -0.3 is 10.8 Å². The van der Waals surface area contributed by atoms with E-state index in [1.54, 1.807) is 0 Å². The van der Waals surface area contributed by atoms with E-state index in [0.717, 1.165) is 23.2 Å². The molecule has 3 aromatic rings. The fourth-order valence-electron chi connectivity index (χ4n) is 4.05. The number of carbonyl (C=O) groups is 3. The number of benzene rings is 2. The van der Waals surface area contributed by atoms with Crippen LogP contribution in [0.2, 0.25) is 0 Å². The highest BCUT2D eigenvalue weighted by atomic mass is 19.4. The number of H-pyrrole nitrogens is 1. The summed E-state index contributed by atoms with van der Waals surface area (Å²) in [4.78, 5) is 38.2. The summed E-state index contributed by atoms with van der Waals surface area (Å²) in [6.07, 6.45) is -3.97. The first-order valence-corrected chi connectivity index (χ1v) is 10.5. The number of carboxylic acids is 1. The van der Waals surface area contributed by atoms with Crippen molar-refractivity contribution in [2.75, 3.05) is 4.90 Å². The van der Waals surface area contributed by atoms with Crippen LogP contribution in [0.4, 0.5) is 23.2 Å². The lowest BCUT2D eigenvalue weighted by Crippen LogP contribution is -2.34. The molecule has 0 saturated heterocycles. The van der Waals surface area contributed by atoms with E-state index in [4.69, 9.17) is 5.73 Å². The number of carbonyl (C=O) groups excluding carboxylic acids is 2. The van der Waals surface area contributed by atoms with Crippen LogP contribution in [0.1, 0.15) is 39.5 Å². The molecule has 0 spiro atoms. The van der Waals surface area contributed by atoms with Crippen molar-refractivity contribution in [2.45, 2.75) is 25.4 Å². The number of rotatable bonds is 5. The number of hydrogen-bond acceptors (Lipinski definition) is 4. The van der Waals surface area contributed by atoms with Crippen LogP contribution in [0.15, 0.2) is 54.2 Å². The summed E-state index contributed by atoms with van der Waals surface area (Å²) in [6, 6.07) is 8.30. The molecular weight excluding hydrogens is 484 g/mol. The molecule has 186 valence electrons. The highest BCUT2D eigenvalue weighted by molar-refractivity contribution is 6.06. The van der Waals surface area contributed by atoms with Gasteiger partial charge in [-0.25, -0.2) is 9.18 Å². The Bertz CT molecular complexity index is 1410. The average molecular weight is 502 g/mol. The monoisotopic (exact) mass is 502 g/mol. The fraction of sp³-hybridized carbons (Fsp3) is 0.167. The molecule has 0 unspecified atom stereocenters. The smallest absolute Gasteiger partial charge is 0.432 e. The molecule has 2 heterocycles. The maximum absolute atomic E-state index is 13.4. The van der Waals surface area contributed by atoms with Crippen LogP contribution in [-0.2, 0) is 15.8 Å². The van der Waals surface area contributed by atoms with E-state index >= 15 is 0 Å². The second-order valence-corrected chi connectivity index (χ2v) is 8.17. The number of halogens is 4. The van der Waals surface area contributed by atoms with Gasteiger partial charge in [-0.05, 0) is 48.4 Å². The molecule has 1 atom stereocenters. The minimum Gasteiger partial charge on any atom is -0.478 e. The van der Waals surface area contributed by atoms with Gasteiger partial charge in [0.1, 0.15) is 11.5 Å². The number of carboxylic acid groups (broad SMARTS) is 1. The average Bonchev–Trinajstić information content (AvgIpc) is 3.29. The topological polar surface area (TPSA) is 129 Å². The zero-order valence-corrected chi connectivity index (χ0v) is 18.6. The molecule has 12 heteroatoms. The summed E-state index contributed by atoms with van der Waals surface area (Å²) in [6.45, 7) is 1.51. The fourth-order valence-corrected chi connectivity index (χ4v) is 4.05. The van der Waals surface area contributed by atoms with Crippen molar-refractivity contribution in [2.24, 2.45) is 5.73 Å². The Morgan fingerprint density at radius 1 is 1.17 bits per heavy atom. The minimum atomic E-state index is -4.73. The number of aryl methyl sites for hydroxylation is 1. The summed E-state index contributed by atoms with van der Waals surface area (Å²) >= 11 is 0. The normalized spacial score (nSPS) is 16.1. The first kappa shape index (κ1) is 24.6. The lowest BCUT2D eigenvalue weighted by atomic mass is 9.85. The van der Waals surface area contributed by atoms with Crippen LogP contribution in [0.5, 0.6) is 0 Å². The van der Waals surface area contributed by atoms with Gasteiger partial charge in [0.2, 0.25) is 11.8 Å². The number of anilines is 1. The van der Waals surface area contributed by atoms with Crippen molar-refractivity contribution in [3.63, 3.8) is 0 Å². The van der Waals surface area contributed by atoms with Crippen LogP contribution in [0.25, 0.3) is 11.3 Å². The third kappa shape index (κ3) is 4.57. The number of alkyl halides is 3. The van der Waals surface area contributed by atoms with E-state index in [1.807, 2.05) is 5.10 Å². The number of amides is 2. The van der Waals surface area contributed by atoms with Crippen molar-refractivity contribution in [3.05, 3.63) is 82.4 Å². The number of aromatic amines is 1. The van der Waals surface area contributed by atoms with Crippen LogP contribution >= 0.6 is 0 Å². The molecule has 0 saturated carbocycles. The van der Waals surface area contributed by atoms with E-state index < -0.39 is 41.4 Å². The second-order valence-electron chi connectivity index (χ2n) is 8.17. The third-order valence-corrected chi connectivity index (χ3v) is 5.84. The second kappa shape index (κ2) is 8.95. The molecule has 1 aliphatic heterocycles. The number of aromatic nitrogens is 2. The van der Waals surface area contributed by atoms with Crippen molar-refractivity contribution in [3.8, 4) is 11.3 Å². The van der Waals surface area contributed by atoms with Crippen molar-refractivity contribution in [1.82, 2.24) is 10.2 Å². The first-order chi connectivity index (χ1) is 16.9. The Morgan fingerprint density at radius 2 is 1.83 bits per heavy atom. The Balaban J connectivity index is 1.89. The van der Waals surface area contributed by atoms with Crippen molar-refractivity contribution >= 4 is 23.5 Å². The Hall–Kier alpha value is -4.48. The first-order valence-electron chi connectivity index (χ1n) is 10.5. The van der Waals surface area contributed by atoms with Crippen LogP contribution in [0, 0.1) is 12.7 Å². The van der Waals surface area contributed by atoms with Crippen LogP contribution in [0.3, 0.4) is 0 Å². The molecule has 1 aliphatic rings. The molecule has 4 rings (SSSR count). The quantitative estimate of drug-likeness (QED) is 0.452. The SMILES string of the molecule is Cc1cc(N2C=C(C(=O)O)[C@H](c3ccc(F)cc3)CC2=O)c(-c2cc(C(F)(F)F)[nH]n2)cc1C(N)=O. The number of nitrogens with two attached hydrogens (primary N) is 1. The molecule has 0 aliphatic carbocycles. The molecule has 2 amide bonds. The molecule has 36 heavy (non-hydrogen) atoms. The van der Waals surface area contributed by atoms with Gasteiger partial charge in [0, 0.05) is 29.7 Å². The Kier molecular flexibility index (Phi) is 6.12. The lowest BCUT2D eigenvalue weighted by molar-refractivity contribution is -0.141. The van der Waals surface area contributed by atoms with Gasteiger partial charge in [0.15, 0.2) is 0 Å². The van der Waals surface area contributed by atoms with Gasteiger partial charge in [-0.15, -0.1) is 0 Å². The van der Waals surface area contributed by atoms with E-state index in [2.05, 4.69) is 5.10 Å². The molecule has 8 nitrogen and oxygen atoms in total. The molecule has 0 radical (unpaired) electrons. The lowest BCUT2D eigenvalue weighted by Gasteiger charge is -2.31. The zero-order valence-electron chi connectivity index (χ0n) is 18.6. The van der Waals surface area contributed by atoms with Gasteiger partial charge in [0.05, 0.1) is 17.0 Å². The molecular formula is C24H18F4N4O4. The molecule has 0 fully saturated rings.